The van der Waals surface area contributed by atoms with E-state index in [1.165, 1.54) is 0 Å². The Morgan fingerprint density at radius 3 is 2.43 bits per heavy atom. The highest BCUT2D eigenvalue weighted by atomic mass is 79.9. The molecule has 0 radical (unpaired) electrons. The van der Waals surface area contributed by atoms with Crippen LogP contribution in [-0.2, 0) is 0 Å². The zero-order valence-corrected chi connectivity index (χ0v) is 8.28. The maximum atomic E-state index is 13.0. The first-order valence-corrected chi connectivity index (χ1v) is 4.63. The van der Waals surface area contributed by atoms with Gasteiger partial charge in [0, 0.05) is 6.20 Å². The zero-order chi connectivity index (χ0) is 11.0. The minimum Gasteiger partial charge on any atom is -0.364 e. The Balaban J connectivity index is 2.95. The van der Waals surface area contributed by atoms with Crippen LogP contribution in [-0.4, -0.2) is 22.3 Å². The normalized spacial score (nSPS) is 27.9. The van der Waals surface area contributed by atoms with Gasteiger partial charge in [0.15, 0.2) is 11.6 Å². The summed E-state index contributed by atoms with van der Waals surface area (Å²) in [7, 11) is 0. The Bertz CT molecular complexity index is 299. The van der Waals surface area contributed by atoms with Crippen molar-refractivity contribution in [3.63, 3.8) is 0 Å². The third-order valence-corrected chi connectivity index (χ3v) is 2.48. The summed E-state index contributed by atoms with van der Waals surface area (Å²) in [6, 6.07) is 0. The van der Waals surface area contributed by atoms with E-state index in [4.69, 9.17) is 0 Å². The second kappa shape index (κ2) is 3.54. The van der Waals surface area contributed by atoms with Crippen molar-refractivity contribution < 1.29 is 22.7 Å². The van der Waals surface area contributed by atoms with Crippen LogP contribution in [0.15, 0.2) is 23.7 Å². The molecule has 0 aromatic heterocycles. The fourth-order valence-electron chi connectivity index (χ4n) is 0.830. The van der Waals surface area contributed by atoms with E-state index in [0.29, 0.717) is 6.20 Å². The van der Waals surface area contributed by atoms with Crippen molar-refractivity contribution in [3.05, 3.63) is 23.7 Å². The van der Waals surface area contributed by atoms with Crippen molar-refractivity contribution in [1.82, 2.24) is 5.32 Å². The highest BCUT2D eigenvalue weighted by molar-refractivity contribution is 9.09. The number of hydrogen-bond donors (Lipinski definition) is 2. The second-order valence-electron chi connectivity index (χ2n) is 2.73. The number of nitrogens with one attached hydrogen (secondary N) is 1. The third kappa shape index (κ3) is 2.09. The summed E-state index contributed by atoms with van der Waals surface area (Å²) < 4.78 is 49.2. The first-order valence-electron chi connectivity index (χ1n) is 3.51. The van der Waals surface area contributed by atoms with Crippen molar-refractivity contribution >= 4 is 15.9 Å². The molecule has 0 aromatic carbocycles. The maximum absolute atomic E-state index is 13.0. The van der Waals surface area contributed by atoms with Gasteiger partial charge in [0.2, 0.25) is 0 Å². The molecule has 1 atom stereocenters. The van der Waals surface area contributed by atoms with Gasteiger partial charge in [-0.05, 0) is 6.08 Å². The molecule has 1 unspecified atom stereocenters. The van der Waals surface area contributed by atoms with Gasteiger partial charge < -0.3 is 10.4 Å². The van der Waals surface area contributed by atoms with Gasteiger partial charge in [0.25, 0.3) is 0 Å². The molecule has 0 fully saturated rings. The van der Waals surface area contributed by atoms with Crippen LogP contribution in [0.3, 0.4) is 0 Å². The van der Waals surface area contributed by atoms with Crippen LogP contribution in [0.4, 0.5) is 17.6 Å². The van der Waals surface area contributed by atoms with E-state index < -0.39 is 23.3 Å². The highest BCUT2D eigenvalue weighted by Crippen LogP contribution is 2.32. The van der Waals surface area contributed by atoms with E-state index in [9.17, 15) is 22.7 Å². The van der Waals surface area contributed by atoms with Crippen LogP contribution in [0.1, 0.15) is 0 Å². The first-order chi connectivity index (χ1) is 6.29. The molecule has 0 saturated carbocycles. The fraction of sp³-hybridized carbons (Fsp3) is 0.429. The average Bonchev–Trinajstić information content (AvgIpc) is 2.08. The molecule has 1 aliphatic rings. The van der Waals surface area contributed by atoms with Crippen LogP contribution in [0.5, 0.6) is 0 Å². The fourth-order valence-corrected chi connectivity index (χ4v) is 1.26. The third-order valence-electron chi connectivity index (χ3n) is 1.66. The molecule has 0 aromatic rings. The zero-order valence-electron chi connectivity index (χ0n) is 6.70. The van der Waals surface area contributed by atoms with E-state index in [2.05, 4.69) is 15.9 Å². The van der Waals surface area contributed by atoms with Crippen molar-refractivity contribution in [1.29, 1.82) is 0 Å². The van der Waals surface area contributed by atoms with Gasteiger partial charge in [-0.1, -0.05) is 15.9 Å². The topological polar surface area (TPSA) is 32.3 Å². The standard InChI is InChI=1S/C7H6BrF4NO/c8-3-6(14)5(9)1-4(2-13-6)7(10,11)12/h1-2,13-14H,3H2. The summed E-state index contributed by atoms with van der Waals surface area (Å²) >= 11 is 2.77. The van der Waals surface area contributed by atoms with Gasteiger partial charge in [0.05, 0.1) is 10.9 Å². The van der Waals surface area contributed by atoms with Gasteiger partial charge >= 0.3 is 6.18 Å². The largest absolute Gasteiger partial charge is 0.417 e. The molecule has 0 amide bonds. The van der Waals surface area contributed by atoms with Crippen LogP contribution in [0.2, 0.25) is 0 Å². The van der Waals surface area contributed by atoms with E-state index in [1.807, 2.05) is 5.32 Å². The Kier molecular flexibility index (Phi) is 2.91. The lowest BCUT2D eigenvalue weighted by molar-refractivity contribution is -0.0903. The number of dihydropyridines is 1. The van der Waals surface area contributed by atoms with Gasteiger partial charge in [-0.3, -0.25) is 0 Å². The lowest BCUT2D eigenvalue weighted by atomic mass is 10.1. The minimum atomic E-state index is -4.63. The van der Waals surface area contributed by atoms with Crippen molar-refractivity contribution in [3.8, 4) is 0 Å². The number of halogens is 5. The maximum Gasteiger partial charge on any atom is 0.417 e. The van der Waals surface area contributed by atoms with Crippen LogP contribution in [0, 0.1) is 0 Å². The molecular weight excluding hydrogens is 270 g/mol. The minimum absolute atomic E-state index is 0.246. The molecule has 0 spiro atoms. The molecule has 0 bridgehead atoms. The molecular formula is C7H6BrF4NO. The van der Waals surface area contributed by atoms with Gasteiger partial charge in [0.1, 0.15) is 0 Å². The van der Waals surface area contributed by atoms with E-state index in [-0.39, 0.29) is 11.4 Å². The van der Waals surface area contributed by atoms with Crippen LogP contribution >= 0.6 is 15.9 Å². The lowest BCUT2D eigenvalue weighted by Crippen LogP contribution is -2.47. The molecule has 0 aliphatic carbocycles. The summed E-state index contributed by atoms with van der Waals surface area (Å²) in [5.74, 6) is -1.27. The molecule has 2 nitrogen and oxygen atoms in total. The Hall–Kier alpha value is -0.560. The second-order valence-corrected chi connectivity index (χ2v) is 3.29. The molecule has 2 N–H and O–H groups in total. The molecule has 0 saturated heterocycles. The Labute approximate surface area is 85.4 Å². The summed E-state index contributed by atoms with van der Waals surface area (Å²) in [5, 5.41) is 11.0. The molecule has 1 heterocycles. The van der Waals surface area contributed by atoms with Crippen LogP contribution in [0.25, 0.3) is 0 Å². The molecule has 80 valence electrons. The molecule has 1 rings (SSSR count). The number of hydrogen-bond acceptors (Lipinski definition) is 2. The number of aliphatic hydroxyl groups is 1. The van der Waals surface area contributed by atoms with Crippen molar-refractivity contribution in [2.45, 2.75) is 11.9 Å². The van der Waals surface area contributed by atoms with Gasteiger partial charge in [-0.2, -0.15) is 13.2 Å². The molecule has 14 heavy (non-hydrogen) atoms. The van der Waals surface area contributed by atoms with Crippen molar-refractivity contribution in [2.24, 2.45) is 0 Å². The first kappa shape index (κ1) is 11.5. The average molecular weight is 276 g/mol. The molecule has 1 aliphatic heterocycles. The van der Waals surface area contributed by atoms with E-state index in [1.54, 1.807) is 0 Å². The van der Waals surface area contributed by atoms with E-state index in [0.717, 1.165) is 0 Å². The summed E-state index contributed by atoms with van der Waals surface area (Å²) in [6.07, 6.45) is -3.83. The predicted octanol–water partition coefficient (Wildman–Crippen LogP) is 1.97. The quantitative estimate of drug-likeness (QED) is 0.567. The SMILES string of the molecule is OC1(CBr)NC=C(C(F)(F)F)C=C1F. The molecule has 7 heteroatoms. The highest BCUT2D eigenvalue weighted by Gasteiger charge is 2.40. The summed E-state index contributed by atoms with van der Waals surface area (Å²) in [6.45, 7) is 0. The number of alkyl halides is 4. The summed E-state index contributed by atoms with van der Waals surface area (Å²) in [5.41, 5.74) is -3.25. The van der Waals surface area contributed by atoms with Gasteiger partial charge in [-0.15, -0.1) is 0 Å². The Morgan fingerprint density at radius 1 is 1.50 bits per heavy atom. The van der Waals surface area contributed by atoms with Crippen LogP contribution < -0.4 is 5.32 Å². The number of rotatable bonds is 1. The Morgan fingerprint density at radius 2 is 2.07 bits per heavy atom. The number of allylic oxidation sites excluding steroid dienone is 2. The smallest absolute Gasteiger partial charge is 0.364 e. The van der Waals surface area contributed by atoms with Crippen molar-refractivity contribution in [2.75, 3.05) is 5.33 Å². The summed E-state index contributed by atoms with van der Waals surface area (Å²) in [4.78, 5) is 0. The van der Waals surface area contributed by atoms with Gasteiger partial charge in [-0.25, -0.2) is 4.39 Å². The monoisotopic (exact) mass is 275 g/mol. The lowest BCUT2D eigenvalue weighted by Gasteiger charge is -2.28. The predicted molar refractivity (Wildman–Crippen MR) is 45.2 cm³/mol. The van der Waals surface area contributed by atoms with E-state index >= 15 is 0 Å².